The van der Waals surface area contributed by atoms with Gasteiger partial charge in [-0.2, -0.15) is 0 Å². The number of allylic oxidation sites excluding steroid dienone is 8. The third-order valence-electron chi connectivity index (χ3n) is 6.69. The van der Waals surface area contributed by atoms with E-state index in [0.717, 1.165) is 31.3 Å². The van der Waals surface area contributed by atoms with Crippen molar-refractivity contribution < 1.29 is 0 Å². The molecule has 4 rings (SSSR count). The first kappa shape index (κ1) is 24.5. The van der Waals surface area contributed by atoms with Gasteiger partial charge < -0.3 is 0 Å². The Balaban J connectivity index is 1.47. The van der Waals surface area contributed by atoms with E-state index in [1.807, 2.05) is 0 Å². The van der Waals surface area contributed by atoms with Gasteiger partial charge >= 0.3 is 0 Å². The third-order valence-corrected chi connectivity index (χ3v) is 6.69. The second kappa shape index (κ2) is 12.2. The van der Waals surface area contributed by atoms with Crippen LogP contribution in [0.4, 0.5) is 0 Å². The van der Waals surface area contributed by atoms with Gasteiger partial charge in [0.15, 0.2) is 0 Å². The molecule has 1 aliphatic rings. The molecule has 0 amide bonds. The number of hydrogen-bond acceptors (Lipinski definition) is 0. The fourth-order valence-corrected chi connectivity index (χ4v) is 4.63. The first-order valence-corrected chi connectivity index (χ1v) is 12.7. The lowest BCUT2D eigenvalue weighted by Crippen LogP contribution is -1.94. The minimum absolute atomic E-state index is 0.479. The van der Waals surface area contributed by atoms with Crippen molar-refractivity contribution in [2.24, 2.45) is 0 Å². The van der Waals surface area contributed by atoms with Crippen molar-refractivity contribution in [3.8, 4) is 0 Å². The lowest BCUT2D eigenvalue weighted by molar-refractivity contribution is 0.894. The van der Waals surface area contributed by atoms with Crippen LogP contribution in [-0.2, 0) is 12.8 Å². The predicted octanol–water partition coefficient (Wildman–Crippen LogP) is 9.52. The Labute approximate surface area is 211 Å². The molecule has 0 saturated carbocycles. The predicted molar refractivity (Wildman–Crippen MR) is 153 cm³/mol. The van der Waals surface area contributed by atoms with Crippen LogP contribution in [0.15, 0.2) is 127 Å². The minimum Gasteiger partial charge on any atom is -0.0912 e. The number of aryl methyl sites for hydroxylation is 1. The lowest BCUT2D eigenvalue weighted by atomic mass is 9.93. The molecule has 0 fully saturated rings. The Morgan fingerprint density at radius 2 is 1.63 bits per heavy atom. The maximum absolute atomic E-state index is 4.46. The van der Waals surface area contributed by atoms with Gasteiger partial charge in [0, 0.05) is 0 Å². The number of rotatable bonds is 10. The van der Waals surface area contributed by atoms with E-state index in [4.69, 9.17) is 0 Å². The van der Waals surface area contributed by atoms with Crippen LogP contribution in [0.5, 0.6) is 0 Å². The molecule has 1 unspecified atom stereocenters. The summed E-state index contributed by atoms with van der Waals surface area (Å²) in [6.45, 7) is 8.95. The summed E-state index contributed by atoms with van der Waals surface area (Å²) < 4.78 is 0. The molecule has 176 valence electrons. The van der Waals surface area contributed by atoms with Gasteiger partial charge in [-0.1, -0.05) is 134 Å². The summed E-state index contributed by atoms with van der Waals surface area (Å²) in [6.07, 6.45) is 17.5. The van der Waals surface area contributed by atoms with E-state index in [1.165, 1.54) is 39.0 Å². The van der Waals surface area contributed by atoms with Crippen LogP contribution in [0, 0.1) is 0 Å². The molecule has 0 aliphatic heterocycles. The highest BCUT2D eigenvalue weighted by Gasteiger charge is 2.13. The van der Waals surface area contributed by atoms with Gasteiger partial charge in [0.1, 0.15) is 0 Å². The first-order chi connectivity index (χ1) is 17.1. The fourth-order valence-electron chi connectivity index (χ4n) is 4.63. The van der Waals surface area contributed by atoms with Crippen molar-refractivity contribution in [2.75, 3.05) is 0 Å². The van der Waals surface area contributed by atoms with Crippen LogP contribution < -0.4 is 0 Å². The fraction of sp³-hybridized carbons (Fsp3) is 0.200. The molecule has 0 bridgehead atoms. The van der Waals surface area contributed by atoms with E-state index in [-0.39, 0.29) is 0 Å². The highest BCUT2D eigenvalue weighted by Crippen LogP contribution is 2.32. The smallest absolute Gasteiger partial charge is 0.0000955 e. The molecular weight excluding hydrogens is 420 g/mol. The Morgan fingerprint density at radius 1 is 0.914 bits per heavy atom. The second-order valence-corrected chi connectivity index (χ2v) is 9.61. The molecule has 1 atom stereocenters. The molecule has 0 aromatic heterocycles. The van der Waals surface area contributed by atoms with E-state index < -0.39 is 0 Å². The molecule has 0 spiro atoms. The first-order valence-electron chi connectivity index (χ1n) is 12.7. The van der Waals surface area contributed by atoms with E-state index >= 15 is 0 Å². The summed E-state index contributed by atoms with van der Waals surface area (Å²) >= 11 is 0. The molecular formula is C35H36. The summed E-state index contributed by atoms with van der Waals surface area (Å²) in [6, 6.07) is 28.1. The van der Waals surface area contributed by atoms with E-state index in [9.17, 15) is 0 Å². The van der Waals surface area contributed by atoms with Crippen molar-refractivity contribution in [3.63, 3.8) is 0 Å². The summed E-state index contributed by atoms with van der Waals surface area (Å²) in [7, 11) is 0. The average molecular weight is 457 g/mol. The Kier molecular flexibility index (Phi) is 8.52. The molecule has 0 radical (unpaired) electrons. The average Bonchev–Trinajstić information content (AvgIpc) is 3.26. The largest absolute Gasteiger partial charge is 0.0912 e. The SMILES string of the molecule is C=C(C=C(CCc1ccccc1)CC(C)=CC=CCc1ccccc1)c1ccc2c(c1)C(C)C=C2. The monoisotopic (exact) mass is 456 g/mol. The van der Waals surface area contributed by atoms with Crippen molar-refractivity contribution in [1.29, 1.82) is 0 Å². The zero-order valence-corrected chi connectivity index (χ0v) is 21.1. The summed E-state index contributed by atoms with van der Waals surface area (Å²) in [4.78, 5) is 0. The molecule has 0 saturated heterocycles. The zero-order valence-electron chi connectivity index (χ0n) is 21.1. The van der Waals surface area contributed by atoms with E-state index in [2.05, 4.69) is 136 Å². The van der Waals surface area contributed by atoms with Crippen LogP contribution in [-0.4, -0.2) is 0 Å². The standard InChI is InChI=1S/C35H36/c1-27(12-10-11-17-30-13-6-4-7-14-30)24-32(20-19-31-15-8-5-9-16-31)25-29(3)34-23-22-33-21-18-28(2)35(33)26-34/h4-16,18,21-23,25-26,28H,3,17,19-20,24H2,1-2H3. The molecule has 0 heterocycles. The van der Waals surface area contributed by atoms with Crippen molar-refractivity contribution in [1.82, 2.24) is 0 Å². The van der Waals surface area contributed by atoms with Gasteiger partial charge in [-0.3, -0.25) is 0 Å². The van der Waals surface area contributed by atoms with Gasteiger partial charge in [0.05, 0.1) is 0 Å². The molecule has 1 aliphatic carbocycles. The summed E-state index contributed by atoms with van der Waals surface area (Å²) in [5.41, 5.74) is 10.6. The number of hydrogen-bond donors (Lipinski definition) is 0. The Bertz CT molecular complexity index is 1250. The third kappa shape index (κ3) is 7.17. The highest BCUT2D eigenvalue weighted by molar-refractivity contribution is 5.76. The van der Waals surface area contributed by atoms with Crippen LogP contribution in [0.1, 0.15) is 60.4 Å². The van der Waals surface area contributed by atoms with Gasteiger partial charge in [0.25, 0.3) is 0 Å². The Morgan fingerprint density at radius 3 is 2.37 bits per heavy atom. The van der Waals surface area contributed by atoms with Gasteiger partial charge in [-0.25, -0.2) is 0 Å². The van der Waals surface area contributed by atoms with E-state index in [0.29, 0.717) is 5.92 Å². The molecule has 3 aromatic carbocycles. The topological polar surface area (TPSA) is 0 Å². The summed E-state index contributed by atoms with van der Waals surface area (Å²) in [5.74, 6) is 0.479. The minimum atomic E-state index is 0.479. The lowest BCUT2D eigenvalue weighted by Gasteiger charge is -2.12. The van der Waals surface area contributed by atoms with Crippen molar-refractivity contribution in [2.45, 2.75) is 45.4 Å². The molecule has 35 heavy (non-hydrogen) atoms. The van der Waals surface area contributed by atoms with Gasteiger partial charge in [0.2, 0.25) is 0 Å². The van der Waals surface area contributed by atoms with Crippen LogP contribution in [0.25, 0.3) is 11.6 Å². The maximum Gasteiger partial charge on any atom is -0.0000955 e. The number of fused-ring (bicyclic) bond motifs is 1. The van der Waals surface area contributed by atoms with Gasteiger partial charge in [-0.05, 0) is 78.0 Å². The van der Waals surface area contributed by atoms with Crippen molar-refractivity contribution in [3.05, 3.63) is 155 Å². The van der Waals surface area contributed by atoms with Crippen LogP contribution in [0.3, 0.4) is 0 Å². The molecule has 0 nitrogen and oxygen atoms in total. The highest BCUT2D eigenvalue weighted by atomic mass is 14.2. The molecule has 3 aromatic rings. The van der Waals surface area contributed by atoms with E-state index in [1.54, 1.807) is 0 Å². The van der Waals surface area contributed by atoms with Gasteiger partial charge in [-0.15, -0.1) is 0 Å². The van der Waals surface area contributed by atoms with Crippen LogP contribution >= 0.6 is 0 Å². The second-order valence-electron chi connectivity index (χ2n) is 9.61. The van der Waals surface area contributed by atoms with Crippen molar-refractivity contribution >= 4 is 11.6 Å². The molecule has 0 heteroatoms. The van der Waals surface area contributed by atoms with Crippen LogP contribution in [0.2, 0.25) is 0 Å². The quantitative estimate of drug-likeness (QED) is 0.266. The summed E-state index contributed by atoms with van der Waals surface area (Å²) in [5, 5.41) is 0. The molecule has 0 N–H and O–H groups in total. The zero-order chi connectivity index (χ0) is 24.5. The maximum atomic E-state index is 4.46. The number of benzene rings is 3. The Hall–Kier alpha value is -3.64. The normalized spacial score (nSPS) is 15.5.